The van der Waals surface area contributed by atoms with Crippen molar-refractivity contribution in [2.75, 3.05) is 0 Å². The molecule has 2 unspecified atom stereocenters. The van der Waals surface area contributed by atoms with Crippen LogP contribution in [0.15, 0.2) is 0 Å². The third-order valence-corrected chi connectivity index (χ3v) is 2.88. The first-order valence-electron chi connectivity index (χ1n) is 3.98. The van der Waals surface area contributed by atoms with Crippen molar-refractivity contribution in [2.45, 2.75) is 45.4 Å². The van der Waals surface area contributed by atoms with E-state index >= 15 is 0 Å². The molecule has 2 nitrogen and oxygen atoms in total. The van der Waals surface area contributed by atoms with E-state index in [4.69, 9.17) is 0 Å². The topological polar surface area (TPSA) is 29.1 Å². The van der Waals surface area contributed by atoms with Crippen LogP contribution in [0.25, 0.3) is 0 Å². The molecule has 2 atom stereocenters. The van der Waals surface area contributed by atoms with Gasteiger partial charge >= 0.3 is 0 Å². The summed E-state index contributed by atoms with van der Waals surface area (Å²) in [7, 11) is -1.02. The van der Waals surface area contributed by atoms with Crippen LogP contribution >= 0.6 is 0 Å². The summed E-state index contributed by atoms with van der Waals surface area (Å²) in [6.07, 6.45) is 0. The quantitative estimate of drug-likeness (QED) is 0.651. The zero-order valence-electron chi connectivity index (χ0n) is 8.39. The van der Waals surface area contributed by atoms with Crippen LogP contribution in [0, 0.1) is 11.8 Å². The summed E-state index contributed by atoms with van der Waals surface area (Å²) in [5.74, 6) is 5.67. The molecule has 0 radical (unpaired) electrons. The van der Waals surface area contributed by atoms with E-state index in [0.717, 1.165) is 0 Å². The lowest BCUT2D eigenvalue weighted by molar-refractivity contribution is 0.630. The molecule has 0 saturated heterocycles. The van der Waals surface area contributed by atoms with Crippen molar-refractivity contribution < 1.29 is 4.21 Å². The van der Waals surface area contributed by atoms with E-state index in [1.165, 1.54) is 0 Å². The van der Waals surface area contributed by atoms with E-state index in [-0.39, 0.29) is 10.8 Å². The lowest BCUT2D eigenvalue weighted by Crippen LogP contribution is -2.37. The molecule has 0 saturated carbocycles. The van der Waals surface area contributed by atoms with Gasteiger partial charge in [-0.1, -0.05) is 5.92 Å². The Bertz CT molecular complexity index is 219. The minimum Gasteiger partial charge on any atom is -0.242 e. The van der Waals surface area contributed by atoms with Crippen LogP contribution in [-0.4, -0.2) is 15.0 Å². The lowest BCUT2D eigenvalue weighted by Gasteiger charge is -2.19. The third-order valence-electron chi connectivity index (χ3n) is 1.20. The molecule has 0 spiro atoms. The largest absolute Gasteiger partial charge is 0.242 e. The highest BCUT2D eigenvalue weighted by Gasteiger charge is 2.20. The maximum atomic E-state index is 11.5. The first-order valence-corrected chi connectivity index (χ1v) is 5.13. The normalized spacial score (nSPS) is 16.1. The maximum Gasteiger partial charge on any atom is 0.0981 e. The number of hydrogen-bond donors (Lipinski definition) is 1. The summed E-state index contributed by atoms with van der Waals surface area (Å²) >= 11 is 0. The SMILES string of the molecule is CC#CC(C)NS(=O)C(C)(C)C. The van der Waals surface area contributed by atoms with Crippen LogP contribution in [0.2, 0.25) is 0 Å². The average Bonchev–Trinajstić information content (AvgIpc) is 1.85. The van der Waals surface area contributed by atoms with Crippen molar-refractivity contribution in [1.29, 1.82) is 0 Å². The van der Waals surface area contributed by atoms with Gasteiger partial charge in [0.1, 0.15) is 0 Å². The molecular weight excluding hydrogens is 170 g/mol. The van der Waals surface area contributed by atoms with Gasteiger partial charge in [0, 0.05) is 0 Å². The minimum atomic E-state index is -1.02. The minimum absolute atomic E-state index is 0.00458. The van der Waals surface area contributed by atoms with E-state index in [1.807, 2.05) is 27.7 Å². The molecule has 70 valence electrons. The molecule has 3 heteroatoms. The van der Waals surface area contributed by atoms with E-state index in [2.05, 4.69) is 16.6 Å². The molecule has 1 N–H and O–H groups in total. The van der Waals surface area contributed by atoms with Crippen LogP contribution in [0.1, 0.15) is 34.6 Å². The zero-order chi connectivity index (χ0) is 9.78. The summed E-state index contributed by atoms with van der Waals surface area (Å²) in [6.45, 7) is 9.48. The monoisotopic (exact) mass is 187 g/mol. The molecule has 0 rings (SSSR count). The molecule has 0 aromatic carbocycles. The van der Waals surface area contributed by atoms with E-state index in [0.29, 0.717) is 0 Å². The second-order valence-electron chi connectivity index (χ2n) is 3.61. The smallest absolute Gasteiger partial charge is 0.0981 e. The Labute approximate surface area is 77.7 Å². The van der Waals surface area contributed by atoms with Gasteiger partial charge in [0.05, 0.1) is 21.8 Å². The fourth-order valence-electron chi connectivity index (χ4n) is 0.583. The van der Waals surface area contributed by atoms with Crippen molar-refractivity contribution >= 4 is 11.0 Å². The number of rotatable bonds is 2. The Morgan fingerprint density at radius 1 is 1.42 bits per heavy atom. The predicted molar refractivity (Wildman–Crippen MR) is 53.9 cm³/mol. The molecule has 0 aliphatic rings. The molecule has 0 aromatic rings. The Morgan fingerprint density at radius 2 is 1.92 bits per heavy atom. The molecule has 0 bridgehead atoms. The Balaban J connectivity index is 4.08. The van der Waals surface area contributed by atoms with Crippen molar-refractivity contribution in [3.05, 3.63) is 0 Å². The highest BCUT2D eigenvalue weighted by atomic mass is 32.2. The van der Waals surface area contributed by atoms with Crippen molar-refractivity contribution in [3.8, 4) is 11.8 Å². The lowest BCUT2D eigenvalue weighted by atomic mass is 10.3. The van der Waals surface area contributed by atoms with Gasteiger partial charge in [-0.3, -0.25) is 0 Å². The Hall–Kier alpha value is -0.330. The summed E-state index contributed by atoms with van der Waals surface area (Å²) in [4.78, 5) is 0. The van der Waals surface area contributed by atoms with Crippen molar-refractivity contribution in [3.63, 3.8) is 0 Å². The maximum absolute atomic E-state index is 11.5. The van der Waals surface area contributed by atoms with Gasteiger partial charge in [0.15, 0.2) is 0 Å². The van der Waals surface area contributed by atoms with E-state index in [9.17, 15) is 4.21 Å². The molecule has 0 amide bonds. The summed E-state index contributed by atoms with van der Waals surface area (Å²) in [5, 5.41) is 0. The van der Waals surface area contributed by atoms with Gasteiger partial charge in [-0.05, 0) is 34.6 Å². The average molecular weight is 187 g/mol. The van der Waals surface area contributed by atoms with Gasteiger partial charge in [0.2, 0.25) is 0 Å². The van der Waals surface area contributed by atoms with Crippen LogP contribution in [-0.2, 0) is 11.0 Å². The fraction of sp³-hybridized carbons (Fsp3) is 0.778. The second-order valence-corrected chi connectivity index (χ2v) is 5.61. The van der Waals surface area contributed by atoms with Gasteiger partial charge in [-0.2, -0.15) is 0 Å². The van der Waals surface area contributed by atoms with Gasteiger partial charge in [0.25, 0.3) is 0 Å². The molecule has 0 aromatic heterocycles. The Morgan fingerprint density at radius 3 is 2.25 bits per heavy atom. The molecule has 0 heterocycles. The first kappa shape index (κ1) is 11.7. The molecule has 0 aliphatic carbocycles. The van der Waals surface area contributed by atoms with Crippen LogP contribution in [0.4, 0.5) is 0 Å². The van der Waals surface area contributed by atoms with Crippen LogP contribution < -0.4 is 4.72 Å². The molecular formula is C9H17NOS. The van der Waals surface area contributed by atoms with Gasteiger partial charge in [-0.25, -0.2) is 8.93 Å². The third kappa shape index (κ3) is 4.53. The molecule has 0 aliphatic heterocycles. The van der Waals surface area contributed by atoms with E-state index in [1.54, 1.807) is 6.92 Å². The standard InChI is InChI=1S/C9H17NOS/c1-6-7-8(2)10-12(11)9(3,4)5/h8,10H,1-5H3. The molecule has 12 heavy (non-hydrogen) atoms. The van der Waals surface area contributed by atoms with E-state index < -0.39 is 11.0 Å². The van der Waals surface area contributed by atoms with Gasteiger partial charge in [-0.15, -0.1) is 5.92 Å². The Kier molecular flexibility index (Phi) is 4.51. The first-order chi connectivity index (χ1) is 5.38. The van der Waals surface area contributed by atoms with Crippen LogP contribution in [0.3, 0.4) is 0 Å². The number of nitrogens with one attached hydrogen (secondary N) is 1. The summed E-state index contributed by atoms with van der Waals surface area (Å²) in [6, 6.07) is -0.00458. The van der Waals surface area contributed by atoms with Crippen molar-refractivity contribution in [1.82, 2.24) is 4.72 Å². The van der Waals surface area contributed by atoms with Crippen LogP contribution in [0.5, 0.6) is 0 Å². The number of hydrogen-bond acceptors (Lipinski definition) is 1. The fourth-order valence-corrected chi connectivity index (χ4v) is 1.32. The van der Waals surface area contributed by atoms with Crippen molar-refractivity contribution in [2.24, 2.45) is 0 Å². The summed E-state index contributed by atoms with van der Waals surface area (Å²) in [5.41, 5.74) is 0. The van der Waals surface area contributed by atoms with Gasteiger partial charge < -0.3 is 0 Å². The highest BCUT2D eigenvalue weighted by molar-refractivity contribution is 7.84. The highest BCUT2D eigenvalue weighted by Crippen LogP contribution is 2.08. The summed E-state index contributed by atoms with van der Waals surface area (Å²) < 4.78 is 14.2. The zero-order valence-corrected chi connectivity index (χ0v) is 9.21. The predicted octanol–water partition coefficient (Wildman–Crippen LogP) is 1.45. The second kappa shape index (κ2) is 4.64. The molecule has 0 fully saturated rings.